The van der Waals surface area contributed by atoms with E-state index in [1.165, 1.54) is 12.0 Å². The normalized spacial score (nSPS) is 22.5. The zero-order valence-corrected chi connectivity index (χ0v) is 10.7. The molecule has 1 aliphatic rings. The van der Waals surface area contributed by atoms with Crippen LogP contribution in [0.5, 0.6) is 0 Å². The van der Waals surface area contributed by atoms with Gasteiger partial charge in [0.15, 0.2) is 0 Å². The molecule has 0 aromatic carbocycles. The van der Waals surface area contributed by atoms with Crippen molar-refractivity contribution in [3.63, 3.8) is 0 Å². The van der Waals surface area contributed by atoms with Crippen LogP contribution in [-0.2, 0) is 20.7 Å². The van der Waals surface area contributed by atoms with E-state index in [-0.39, 0.29) is 18.4 Å². The van der Waals surface area contributed by atoms with Crippen LogP contribution in [0.15, 0.2) is 24.5 Å². The van der Waals surface area contributed by atoms with Gasteiger partial charge in [-0.05, 0) is 17.7 Å². The fourth-order valence-corrected chi connectivity index (χ4v) is 2.25. The van der Waals surface area contributed by atoms with E-state index in [1.807, 2.05) is 0 Å². The van der Waals surface area contributed by atoms with Crippen LogP contribution in [0.4, 0.5) is 0 Å². The maximum absolute atomic E-state index is 12.2. The highest BCUT2D eigenvalue weighted by atomic mass is 16.5. The molecular weight excluding hydrogens is 248 g/mol. The van der Waals surface area contributed by atoms with Gasteiger partial charge in [0.2, 0.25) is 5.91 Å². The molecule has 0 radical (unpaired) electrons. The molecule has 0 bridgehead atoms. The van der Waals surface area contributed by atoms with Gasteiger partial charge < -0.3 is 14.7 Å². The van der Waals surface area contributed by atoms with Gasteiger partial charge in [0.05, 0.1) is 12.5 Å². The second kappa shape index (κ2) is 5.79. The van der Waals surface area contributed by atoms with Crippen LogP contribution in [0.2, 0.25) is 0 Å². The van der Waals surface area contributed by atoms with E-state index in [9.17, 15) is 9.59 Å². The van der Waals surface area contributed by atoms with Crippen molar-refractivity contribution in [1.82, 2.24) is 9.88 Å². The summed E-state index contributed by atoms with van der Waals surface area (Å²) in [6.45, 7) is 0.331. The largest absolute Gasteiger partial charge is 0.480 e. The van der Waals surface area contributed by atoms with Gasteiger partial charge in [0, 0.05) is 32.5 Å². The number of rotatable bonds is 4. The first-order valence-electron chi connectivity index (χ1n) is 6.05. The molecule has 2 rings (SSSR count). The zero-order valence-electron chi connectivity index (χ0n) is 10.7. The molecule has 1 amide bonds. The first-order valence-corrected chi connectivity index (χ1v) is 6.05. The number of amides is 1. The van der Waals surface area contributed by atoms with Crippen molar-refractivity contribution in [2.24, 2.45) is 0 Å². The molecule has 1 aromatic rings. The van der Waals surface area contributed by atoms with Crippen LogP contribution < -0.4 is 0 Å². The van der Waals surface area contributed by atoms with Crippen molar-refractivity contribution in [3.8, 4) is 0 Å². The molecule has 0 spiro atoms. The molecule has 1 saturated heterocycles. The van der Waals surface area contributed by atoms with Gasteiger partial charge in [-0.25, -0.2) is 4.79 Å². The average molecular weight is 264 g/mol. The fraction of sp³-hybridized carbons (Fsp3) is 0.462. The minimum Gasteiger partial charge on any atom is -0.480 e. The zero-order chi connectivity index (χ0) is 13.8. The standard InChI is InChI=1S/C13H16N2O4/c1-19-10-7-11(13(17)18)15(8-10)12(16)6-9-2-4-14-5-3-9/h2-5,10-11H,6-8H2,1H3,(H,17,18). The number of carbonyl (C=O) groups is 2. The molecule has 2 heterocycles. The SMILES string of the molecule is COC1CC(C(=O)O)N(C(=O)Cc2ccncc2)C1. The highest BCUT2D eigenvalue weighted by Crippen LogP contribution is 2.21. The van der Waals surface area contributed by atoms with E-state index in [1.54, 1.807) is 24.5 Å². The highest BCUT2D eigenvalue weighted by molar-refractivity contribution is 5.85. The number of pyridine rings is 1. The lowest BCUT2D eigenvalue weighted by molar-refractivity contribution is -0.148. The second-order valence-corrected chi connectivity index (χ2v) is 4.53. The summed E-state index contributed by atoms with van der Waals surface area (Å²) in [5.74, 6) is -1.18. The third-order valence-corrected chi connectivity index (χ3v) is 3.31. The van der Waals surface area contributed by atoms with Gasteiger partial charge in [-0.1, -0.05) is 0 Å². The Hall–Kier alpha value is -1.95. The third kappa shape index (κ3) is 3.08. The summed E-state index contributed by atoms with van der Waals surface area (Å²) in [6, 6.07) is 2.70. The van der Waals surface area contributed by atoms with E-state index in [2.05, 4.69) is 4.98 Å². The Morgan fingerprint density at radius 2 is 2.16 bits per heavy atom. The Labute approximate surface area is 111 Å². The van der Waals surface area contributed by atoms with E-state index in [0.29, 0.717) is 13.0 Å². The summed E-state index contributed by atoms with van der Waals surface area (Å²) in [5.41, 5.74) is 0.824. The lowest BCUT2D eigenvalue weighted by Crippen LogP contribution is -2.41. The van der Waals surface area contributed by atoms with E-state index in [4.69, 9.17) is 9.84 Å². The van der Waals surface area contributed by atoms with Gasteiger partial charge in [-0.3, -0.25) is 9.78 Å². The predicted octanol–water partition coefficient (Wildman–Crippen LogP) is 0.325. The van der Waals surface area contributed by atoms with E-state index in [0.717, 1.165) is 5.56 Å². The molecular formula is C13H16N2O4. The molecule has 6 heteroatoms. The number of aromatic nitrogens is 1. The first-order chi connectivity index (χ1) is 9.11. The van der Waals surface area contributed by atoms with Gasteiger partial charge in [0.25, 0.3) is 0 Å². The summed E-state index contributed by atoms with van der Waals surface area (Å²) < 4.78 is 5.15. The summed E-state index contributed by atoms with van der Waals surface area (Å²) in [5, 5.41) is 9.15. The number of nitrogens with zero attached hydrogens (tertiary/aromatic N) is 2. The molecule has 0 aliphatic carbocycles. The van der Waals surface area contributed by atoms with Crippen molar-refractivity contribution in [3.05, 3.63) is 30.1 Å². The molecule has 1 fully saturated rings. The Kier molecular flexibility index (Phi) is 4.11. The van der Waals surface area contributed by atoms with Crippen molar-refractivity contribution in [2.75, 3.05) is 13.7 Å². The third-order valence-electron chi connectivity index (χ3n) is 3.31. The molecule has 2 unspecified atom stereocenters. The molecule has 6 nitrogen and oxygen atoms in total. The number of hydrogen-bond donors (Lipinski definition) is 1. The number of ether oxygens (including phenoxy) is 1. The quantitative estimate of drug-likeness (QED) is 0.847. The number of hydrogen-bond acceptors (Lipinski definition) is 4. The van der Waals surface area contributed by atoms with Gasteiger partial charge in [0.1, 0.15) is 6.04 Å². The van der Waals surface area contributed by atoms with Crippen LogP contribution in [0.1, 0.15) is 12.0 Å². The van der Waals surface area contributed by atoms with Gasteiger partial charge in [-0.15, -0.1) is 0 Å². The number of carboxylic acids is 1. The first kappa shape index (κ1) is 13.5. The highest BCUT2D eigenvalue weighted by Gasteiger charge is 2.39. The average Bonchev–Trinajstić information content (AvgIpc) is 2.84. The van der Waals surface area contributed by atoms with E-state index < -0.39 is 12.0 Å². The Bertz CT molecular complexity index is 463. The number of carboxylic acid groups (broad SMARTS) is 1. The number of likely N-dealkylation sites (tertiary alicyclic amines) is 1. The predicted molar refractivity (Wildman–Crippen MR) is 66.5 cm³/mol. The Morgan fingerprint density at radius 3 is 2.74 bits per heavy atom. The number of aliphatic carboxylic acids is 1. The summed E-state index contributed by atoms with van der Waals surface area (Å²) >= 11 is 0. The van der Waals surface area contributed by atoms with E-state index >= 15 is 0 Å². The van der Waals surface area contributed by atoms with Crippen molar-refractivity contribution >= 4 is 11.9 Å². The lowest BCUT2D eigenvalue weighted by Gasteiger charge is -2.21. The maximum atomic E-state index is 12.2. The molecule has 1 aromatic heterocycles. The van der Waals surface area contributed by atoms with Gasteiger partial charge in [-0.2, -0.15) is 0 Å². The van der Waals surface area contributed by atoms with Crippen LogP contribution >= 0.6 is 0 Å². The molecule has 19 heavy (non-hydrogen) atoms. The molecule has 102 valence electrons. The van der Waals surface area contributed by atoms with Crippen LogP contribution in [0, 0.1) is 0 Å². The Morgan fingerprint density at radius 1 is 1.47 bits per heavy atom. The number of carbonyl (C=O) groups excluding carboxylic acids is 1. The van der Waals surface area contributed by atoms with Crippen molar-refractivity contribution in [2.45, 2.75) is 25.0 Å². The maximum Gasteiger partial charge on any atom is 0.326 e. The van der Waals surface area contributed by atoms with Crippen LogP contribution in [-0.4, -0.2) is 52.7 Å². The van der Waals surface area contributed by atoms with Crippen LogP contribution in [0.25, 0.3) is 0 Å². The topological polar surface area (TPSA) is 79.7 Å². The molecule has 0 saturated carbocycles. The lowest BCUT2D eigenvalue weighted by atomic mass is 10.1. The van der Waals surface area contributed by atoms with Crippen LogP contribution in [0.3, 0.4) is 0 Å². The number of methoxy groups -OCH3 is 1. The smallest absolute Gasteiger partial charge is 0.326 e. The fourth-order valence-electron chi connectivity index (χ4n) is 2.25. The minimum absolute atomic E-state index is 0.183. The monoisotopic (exact) mass is 264 g/mol. The Balaban J connectivity index is 2.07. The van der Waals surface area contributed by atoms with Gasteiger partial charge >= 0.3 is 5.97 Å². The molecule has 1 N–H and O–H groups in total. The minimum atomic E-state index is -0.984. The summed E-state index contributed by atoms with van der Waals surface area (Å²) in [7, 11) is 1.53. The van der Waals surface area contributed by atoms with Crippen molar-refractivity contribution < 1.29 is 19.4 Å². The molecule has 1 aliphatic heterocycles. The van der Waals surface area contributed by atoms with Crippen molar-refractivity contribution in [1.29, 1.82) is 0 Å². The molecule has 2 atom stereocenters. The summed E-state index contributed by atoms with van der Waals surface area (Å²) in [4.78, 5) is 28.6. The second-order valence-electron chi connectivity index (χ2n) is 4.53. The summed E-state index contributed by atoms with van der Waals surface area (Å²) in [6.07, 6.45) is 3.54.